The molecule has 1 N–H and O–H groups in total. The van der Waals surface area contributed by atoms with Crippen molar-refractivity contribution in [1.82, 2.24) is 20.0 Å². The fraction of sp³-hybridized carbons (Fsp3) is 0.500. The molecule has 0 spiro atoms. The molecule has 1 amide bonds. The predicted octanol–water partition coefficient (Wildman–Crippen LogP) is 2.65. The summed E-state index contributed by atoms with van der Waals surface area (Å²) < 4.78 is 1.43. The van der Waals surface area contributed by atoms with Gasteiger partial charge in [-0.3, -0.25) is 0 Å². The molecule has 5 rings (SSSR count). The van der Waals surface area contributed by atoms with Crippen molar-refractivity contribution in [3.05, 3.63) is 29.9 Å². The minimum absolute atomic E-state index is 0.115. The van der Waals surface area contributed by atoms with E-state index in [1.54, 1.807) is 17.5 Å². The molecule has 0 aliphatic carbocycles. The zero-order valence-corrected chi connectivity index (χ0v) is 13.3. The molecule has 5 nitrogen and oxygen atoms in total. The van der Waals surface area contributed by atoms with Crippen molar-refractivity contribution in [2.45, 2.75) is 25.3 Å². The Bertz CT molecular complexity index is 629. The second-order valence-corrected chi connectivity index (χ2v) is 7.22. The van der Waals surface area contributed by atoms with Crippen molar-refractivity contribution in [1.29, 1.82) is 0 Å². The fourth-order valence-corrected chi connectivity index (χ4v) is 4.24. The Kier molecular flexibility index (Phi) is 3.72. The van der Waals surface area contributed by atoms with E-state index in [-0.39, 0.29) is 12.1 Å². The van der Waals surface area contributed by atoms with Gasteiger partial charge in [0.05, 0.1) is 6.20 Å². The molecule has 5 heterocycles. The van der Waals surface area contributed by atoms with Gasteiger partial charge in [-0.25, -0.2) is 4.79 Å². The molecule has 116 valence electrons. The molecule has 6 heteroatoms. The van der Waals surface area contributed by atoms with Crippen LogP contribution in [0.2, 0.25) is 0 Å². The maximum atomic E-state index is 12.4. The van der Waals surface area contributed by atoms with E-state index >= 15 is 0 Å². The summed E-state index contributed by atoms with van der Waals surface area (Å²) in [5, 5.41) is 9.40. The summed E-state index contributed by atoms with van der Waals surface area (Å²) in [6.07, 6.45) is 7.22. The zero-order chi connectivity index (χ0) is 14.9. The number of carbonyl (C=O) groups excluding carboxylic acids is 1. The highest BCUT2D eigenvalue weighted by Gasteiger charge is 2.30. The maximum Gasteiger partial charge on any atom is 0.342 e. The Labute approximate surface area is 133 Å². The van der Waals surface area contributed by atoms with Gasteiger partial charge in [0.1, 0.15) is 0 Å². The van der Waals surface area contributed by atoms with Crippen LogP contribution >= 0.6 is 11.3 Å². The van der Waals surface area contributed by atoms with Gasteiger partial charge in [0.15, 0.2) is 0 Å². The van der Waals surface area contributed by atoms with Crippen LogP contribution in [-0.4, -0.2) is 46.4 Å². The monoisotopic (exact) mass is 316 g/mol. The molecule has 22 heavy (non-hydrogen) atoms. The summed E-state index contributed by atoms with van der Waals surface area (Å²) in [6.45, 7) is 3.34. The number of nitrogens with zero attached hydrogens (tertiary/aromatic N) is 3. The standard InChI is InChI=1S/C16H20N4OS/c21-16(18-14-8-12-3-5-19(11-14)6-4-12)20-10-13(9-17-20)15-2-1-7-22-15/h1-2,7,9-10,12,14H,3-6,8,11H2,(H,18,21). The van der Waals surface area contributed by atoms with Gasteiger partial charge in [-0.15, -0.1) is 11.3 Å². The summed E-state index contributed by atoms with van der Waals surface area (Å²) >= 11 is 1.66. The summed E-state index contributed by atoms with van der Waals surface area (Å²) in [6, 6.07) is 4.18. The smallest absolute Gasteiger partial charge is 0.332 e. The van der Waals surface area contributed by atoms with E-state index in [2.05, 4.69) is 15.3 Å². The van der Waals surface area contributed by atoms with E-state index < -0.39 is 0 Å². The van der Waals surface area contributed by atoms with Crippen LogP contribution in [-0.2, 0) is 0 Å². The van der Waals surface area contributed by atoms with Gasteiger partial charge in [0.25, 0.3) is 0 Å². The number of thiophene rings is 1. The van der Waals surface area contributed by atoms with Crippen LogP contribution in [0.3, 0.4) is 0 Å². The lowest BCUT2D eigenvalue weighted by Gasteiger charge is -2.26. The van der Waals surface area contributed by atoms with Gasteiger partial charge in [-0.05, 0) is 49.7 Å². The third kappa shape index (κ3) is 2.80. The zero-order valence-electron chi connectivity index (χ0n) is 12.4. The highest BCUT2D eigenvalue weighted by atomic mass is 32.1. The van der Waals surface area contributed by atoms with Crippen LogP contribution in [0.15, 0.2) is 29.9 Å². The first-order valence-corrected chi connectivity index (χ1v) is 8.77. The number of hydrogen-bond donors (Lipinski definition) is 1. The Balaban J connectivity index is 1.44. The molecule has 3 aliphatic rings. The van der Waals surface area contributed by atoms with Gasteiger partial charge in [-0.1, -0.05) is 6.07 Å². The molecule has 1 unspecified atom stereocenters. The van der Waals surface area contributed by atoms with Crippen LogP contribution in [0.4, 0.5) is 4.79 Å². The molecular weight excluding hydrogens is 296 g/mol. The average Bonchev–Trinajstić information content (AvgIpc) is 3.13. The molecule has 3 saturated heterocycles. The normalized spacial score (nSPS) is 27.5. The van der Waals surface area contributed by atoms with E-state index in [1.165, 1.54) is 30.6 Å². The first kappa shape index (κ1) is 14.0. The maximum absolute atomic E-state index is 12.4. The molecule has 3 aliphatic heterocycles. The minimum atomic E-state index is -0.115. The first-order chi connectivity index (χ1) is 10.8. The predicted molar refractivity (Wildman–Crippen MR) is 87.0 cm³/mol. The first-order valence-electron chi connectivity index (χ1n) is 7.90. The molecule has 2 aromatic rings. The number of rotatable bonds is 2. The second kappa shape index (κ2) is 5.85. The van der Waals surface area contributed by atoms with E-state index in [0.29, 0.717) is 0 Å². The number of aromatic nitrogens is 2. The minimum Gasteiger partial charge on any atom is -0.332 e. The van der Waals surface area contributed by atoms with Gasteiger partial charge in [-0.2, -0.15) is 9.78 Å². The summed E-state index contributed by atoms with van der Waals surface area (Å²) in [7, 11) is 0. The van der Waals surface area contributed by atoms with Crippen molar-refractivity contribution in [3.8, 4) is 10.4 Å². The largest absolute Gasteiger partial charge is 0.342 e. The summed E-state index contributed by atoms with van der Waals surface area (Å²) in [4.78, 5) is 16.0. The van der Waals surface area contributed by atoms with Gasteiger partial charge in [0, 0.05) is 29.2 Å². The Morgan fingerprint density at radius 2 is 2.23 bits per heavy atom. The highest BCUT2D eigenvalue weighted by molar-refractivity contribution is 7.13. The van der Waals surface area contributed by atoms with Crippen LogP contribution in [0.5, 0.6) is 0 Å². The lowest BCUT2D eigenvalue weighted by atomic mass is 9.94. The SMILES string of the molecule is O=C(NC1CC2CCN(CC2)C1)n1cc(-c2cccs2)cn1. The van der Waals surface area contributed by atoms with Crippen LogP contribution < -0.4 is 5.32 Å². The van der Waals surface area contributed by atoms with Gasteiger partial charge in [0.2, 0.25) is 0 Å². The average molecular weight is 316 g/mol. The van der Waals surface area contributed by atoms with Crippen LogP contribution in [0.1, 0.15) is 19.3 Å². The van der Waals surface area contributed by atoms with Crippen molar-refractivity contribution < 1.29 is 4.79 Å². The van der Waals surface area contributed by atoms with Crippen LogP contribution in [0.25, 0.3) is 10.4 Å². The Morgan fingerprint density at radius 1 is 1.36 bits per heavy atom. The third-order valence-corrected chi connectivity index (χ3v) is 5.65. The lowest BCUT2D eigenvalue weighted by molar-refractivity contribution is 0.216. The molecule has 2 aromatic heterocycles. The van der Waals surface area contributed by atoms with Crippen molar-refractivity contribution >= 4 is 17.4 Å². The lowest BCUT2D eigenvalue weighted by Crippen LogP contribution is -2.43. The topological polar surface area (TPSA) is 50.2 Å². The number of piperidine rings is 1. The quantitative estimate of drug-likeness (QED) is 0.926. The number of amides is 1. The van der Waals surface area contributed by atoms with E-state index in [4.69, 9.17) is 0 Å². The van der Waals surface area contributed by atoms with Crippen molar-refractivity contribution in [2.24, 2.45) is 5.92 Å². The van der Waals surface area contributed by atoms with Crippen molar-refractivity contribution in [3.63, 3.8) is 0 Å². The number of carbonyl (C=O) groups is 1. The second-order valence-electron chi connectivity index (χ2n) is 6.28. The van der Waals surface area contributed by atoms with Gasteiger partial charge >= 0.3 is 6.03 Å². The molecule has 1 atom stereocenters. The molecule has 3 fully saturated rings. The number of hydrogen-bond acceptors (Lipinski definition) is 4. The van der Waals surface area contributed by atoms with Gasteiger partial charge < -0.3 is 10.2 Å². The molecule has 0 aromatic carbocycles. The molecular formula is C16H20N4OS. The Hall–Kier alpha value is -1.66. The highest BCUT2D eigenvalue weighted by Crippen LogP contribution is 2.27. The summed E-state index contributed by atoms with van der Waals surface area (Å²) in [5.41, 5.74) is 0.995. The fourth-order valence-electron chi connectivity index (χ4n) is 3.54. The van der Waals surface area contributed by atoms with Crippen LogP contribution in [0, 0.1) is 5.92 Å². The number of fused-ring (bicyclic) bond motifs is 4. The molecule has 0 saturated carbocycles. The van der Waals surface area contributed by atoms with E-state index in [9.17, 15) is 4.79 Å². The van der Waals surface area contributed by atoms with E-state index in [1.807, 2.05) is 23.7 Å². The summed E-state index contributed by atoms with van der Waals surface area (Å²) in [5.74, 6) is 0.767. The molecule has 2 bridgehead atoms. The Morgan fingerprint density at radius 3 is 3.00 bits per heavy atom. The third-order valence-electron chi connectivity index (χ3n) is 4.73. The van der Waals surface area contributed by atoms with E-state index in [0.717, 1.165) is 29.3 Å². The molecule has 0 radical (unpaired) electrons. The van der Waals surface area contributed by atoms with Crippen molar-refractivity contribution in [2.75, 3.05) is 19.6 Å². The number of nitrogens with one attached hydrogen (secondary N) is 1.